The Hall–Kier alpha value is -3.06. The van der Waals surface area contributed by atoms with Crippen LogP contribution in [0.1, 0.15) is 49.1 Å². The number of benzene rings is 2. The molecule has 1 aliphatic carbocycles. The van der Waals surface area contributed by atoms with Crippen molar-refractivity contribution in [1.82, 2.24) is 0 Å². The number of urea groups is 1. The van der Waals surface area contributed by atoms with Gasteiger partial charge in [-0.3, -0.25) is 4.79 Å². The largest absolute Gasteiger partial charge is 0.495 e. The number of methoxy groups -OCH3 is 1. The zero-order valence-electron chi connectivity index (χ0n) is 17.3. The first-order valence-corrected chi connectivity index (χ1v) is 10.0. The summed E-state index contributed by atoms with van der Waals surface area (Å²) in [6, 6.07) is 12.8. The van der Waals surface area contributed by atoms with E-state index in [1.807, 2.05) is 43.3 Å². The summed E-state index contributed by atoms with van der Waals surface area (Å²) in [5.41, 5.74) is 2.30. The van der Waals surface area contributed by atoms with Crippen LogP contribution in [0.15, 0.2) is 42.5 Å². The maximum absolute atomic E-state index is 12.4. The monoisotopic (exact) mass is 412 g/mol. The van der Waals surface area contributed by atoms with E-state index in [4.69, 9.17) is 9.84 Å². The molecule has 0 spiro atoms. The van der Waals surface area contributed by atoms with E-state index in [-0.39, 0.29) is 18.4 Å². The van der Waals surface area contributed by atoms with Crippen LogP contribution in [0.25, 0.3) is 0 Å². The zero-order chi connectivity index (χ0) is 21.7. The minimum absolute atomic E-state index is 0.205. The molecule has 4 N–H and O–H groups in total. The second kappa shape index (κ2) is 9.17. The third-order valence-corrected chi connectivity index (χ3v) is 5.64. The van der Waals surface area contributed by atoms with Gasteiger partial charge in [0.05, 0.1) is 24.8 Å². The van der Waals surface area contributed by atoms with Gasteiger partial charge >= 0.3 is 12.0 Å². The van der Waals surface area contributed by atoms with Gasteiger partial charge in [0.2, 0.25) is 0 Å². The average molecular weight is 412 g/mol. The van der Waals surface area contributed by atoms with Crippen molar-refractivity contribution in [3.63, 3.8) is 0 Å². The van der Waals surface area contributed by atoms with Crippen LogP contribution in [-0.4, -0.2) is 34.9 Å². The lowest BCUT2D eigenvalue weighted by atomic mass is 9.75. The lowest BCUT2D eigenvalue weighted by molar-refractivity contribution is -0.144. The number of aliphatic carboxylic acids is 1. The van der Waals surface area contributed by atoms with E-state index in [0.29, 0.717) is 30.0 Å². The number of carboxylic acid groups (broad SMARTS) is 1. The molecule has 160 valence electrons. The normalized spacial score (nSPS) is 21.0. The van der Waals surface area contributed by atoms with E-state index in [9.17, 15) is 14.7 Å². The van der Waals surface area contributed by atoms with E-state index in [2.05, 4.69) is 10.6 Å². The van der Waals surface area contributed by atoms with Gasteiger partial charge < -0.3 is 25.6 Å². The molecule has 7 heteroatoms. The number of hydrogen-bond donors (Lipinski definition) is 4. The fourth-order valence-corrected chi connectivity index (χ4v) is 3.99. The lowest BCUT2D eigenvalue weighted by Gasteiger charge is -2.35. The summed E-state index contributed by atoms with van der Waals surface area (Å²) >= 11 is 0. The molecule has 0 saturated heterocycles. The number of rotatable bonds is 6. The number of carbonyl (C=O) groups is 2. The highest BCUT2D eigenvalue weighted by atomic mass is 16.5. The number of nitrogens with one attached hydrogen (secondary N) is 2. The molecular weight excluding hydrogens is 384 g/mol. The Morgan fingerprint density at radius 3 is 2.37 bits per heavy atom. The zero-order valence-corrected chi connectivity index (χ0v) is 17.3. The van der Waals surface area contributed by atoms with E-state index >= 15 is 0 Å². The standard InChI is InChI=1S/C23H28N2O5/c1-15-3-8-20(30-2)19(13-15)25-22(28)24-18-6-4-16(5-7-18)17-9-11-23(29,12-10-17)14-21(26)27/h3-8,13,17,29H,9-12,14H2,1-2H3,(H,26,27)(H2,24,25,28). The smallest absolute Gasteiger partial charge is 0.323 e. The Balaban J connectivity index is 1.57. The van der Waals surface area contributed by atoms with Crippen LogP contribution in [0, 0.1) is 6.92 Å². The van der Waals surface area contributed by atoms with E-state index < -0.39 is 11.6 Å². The molecule has 2 aromatic carbocycles. The topological polar surface area (TPSA) is 108 Å². The molecule has 0 aliphatic heterocycles. The minimum atomic E-state index is -1.10. The molecule has 0 aromatic heterocycles. The van der Waals surface area contributed by atoms with Crippen molar-refractivity contribution in [3.05, 3.63) is 53.6 Å². The fraction of sp³-hybridized carbons (Fsp3) is 0.391. The number of anilines is 2. The van der Waals surface area contributed by atoms with Crippen LogP contribution in [0.3, 0.4) is 0 Å². The third-order valence-electron chi connectivity index (χ3n) is 5.64. The second-order valence-electron chi connectivity index (χ2n) is 7.97. The molecule has 0 atom stereocenters. The van der Waals surface area contributed by atoms with E-state index in [1.165, 1.54) is 0 Å². The predicted octanol–water partition coefficient (Wildman–Crippen LogP) is 4.51. The van der Waals surface area contributed by atoms with Gasteiger partial charge in [-0.15, -0.1) is 0 Å². The maximum Gasteiger partial charge on any atom is 0.323 e. The van der Waals surface area contributed by atoms with Crippen LogP contribution < -0.4 is 15.4 Å². The fourth-order valence-electron chi connectivity index (χ4n) is 3.99. The van der Waals surface area contributed by atoms with Crippen molar-refractivity contribution in [2.75, 3.05) is 17.7 Å². The summed E-state index contributed by atoms with van der Waals surface area (Å²) in [6.45, 7) is 1.94. The number of hydrogen-bond acceptors (Lipinski definition) is 4. The molecule has 0 radical (unpaired) electrons. The third kappa shape index (κ3) is 5.51. The summed E-state index contributed by atoms with van der Waals surface area (Å²) in [5.74, 6) is -0.0994. The molecule has 2 amide bonds. The van der Waals surface area contributed by atoms with Crippen molar-refractivity contribution >= 4 is 23.4 Å². The first kappa shape index (κ1) is 21.6. The van der Waals surface area contributed by atoms with E-state index in [0.717, 1.165) is 24.0 Å². The lowest BCUT2D eigenvalue weighted by Crippen LogP contribution is -2.35. The summed E-state index contributed by atoms with van der Waals surface area (Å²) in [6.07, 6.45) is 2.23. The quantitative estimate of drug-likeness (QED) is 0.558. The SMILES string of the molecule is COc1ccc(C)cc1NC(=O)Nc1ccc(C2CCC(O)(CC(=O)O)CC2)cc1. The highest BCUT2D eigenvalue weighted by Crippen LogP contribution is 2.39. The van der Waals surface area contributed by atoms with Gasteiger partial charge in [0.25, 0.3) is 0 Å². The molecule has 0 bridgehead atoms. The highest BCUT2D eigenvalue weighted by molar-refractivity contribution is 6.00. The molecule has 30 heavy (non-hydrogen) atoms. The number of aryl methyl sites for hydroxylation is 1. The first-order valence-electron chi connectivity index (χ1n) is 10.0. The Morgan fingerprint density at radius 2 is 1.77 bits per heavy atom. The van der Waals surface area contributed by atoms with Gasteiger partial charge in [-0.2, -0.15) is 0 Å². The Labute approximate surface area is 176 Å². The Kier molecular flexibility index (Phi) is 6.62. The predicted molar refractivity (Wildman–Crippen MR) is 115 cm³/mol. The van der Waals surface area contributed by atoms with Crippen LogP contribution >= 0.6 is 0 Å². The minimum Gasteiger partial charge on any atom is -0.495 e. The number of carboxylic acids is 1. The maximum atomic E-state index is 12.4. The van der Waals surface area contributed by atoms with Crippen LogP contribution in [0.4, 0.5) is 16.2 Å². The molecule has 0 heterocycles. The Morgan fingerprint density at radius 1 is 1.10 bits per heavy atom. The molecule has 0 unspecified atom stereocenters. The van der Waals surface area contributed by atoms with Crippen LogP contribution in [0.5, 0.6) is 5.75 Å². The van der Waals surface area contributed by atoms with Gasteiger partial charge in [-0.05, 0) is 73.9 Å². The van der Waals surface area contributed by atoms with Crippen molar-refractivity contribution in [2.24, 2.45) is 0 Å². The number of carbonyl (C=O) groups excluding carboxylic acids is 1. The second-order valence-corrected chi connectivity index (χ2v) is 7.97. The summed E-state index contributed by atoms with van der Waals surface area (Å²) < 4.78 is 5.28. The molecular formula is C23H28N2O5. The molecule has 1 fully saturated rings. The van der Waals surface area contributed by atoms with Crippen molar-refractivity contribution < 1.29 is 24.5 Å². The van der Waals surface area contributed by atoms with Crippen molar-refractivity contribution in [3.8, 4) is 5.75 Å². The van der Waals surface area contributed by atoms with Gasteiger partial charge in [0.1, 0.15) is 5.75 Å². The number of aliphatic hydroxyl groups is 1. The number of ether oxygens (including phenoxy) is 1. The Bertz CT molecular complexity index is 902. The van der Waals surface area contributed by atoms with Crippen LogP contribution in [-0.2, 0) is 4.79 Å². The molecule has 7 nitrogen and oxygen atoms in total. The van der Waals surface area contributed by atoms with Crippen molar-refractivity contribution in [1.29, 1.82) is 0 Å². The summed E-state index contributed by atoms with van der Waals surface area (Å²) in [5, 5.41) is 24.9. The van der Waals surface area contributed by atoms with Gasteiger partial charge in [0.15, 0.2) is 0 Å². The van der Waals surface area contributed by atoms with E-state index in [1.54, 1.807) is 13.2 Å². The van der Waals surface area contributed by atoms with Gasteiger partial charge in [-0.1, -0.05) is 18.2 Å². The van der Waals surface area contributed by atoms with Gasteiger partial charge in [-0.25, -0.2) is 4.79 Å². The molecule has 1 saturated carbocycles. The molecule has 3 rings (SSSR count). The van der Waals surface area contributed by atoms with Gasteiger partial charge in [0, 0.05) is 5.69 Å². The molecule has 1 aliphatic rings. The summed E-state index contributed by atoms with van der Waals surface area (Å²) in [7, 11) is 1.56. The summed E-state index contributed by atoms with van der Waals surface area (Å²) in [4.78, 5) is 23.3. The van der Waals surface area contributed by atoms with Crippen molar-refractivity contribution in [2.45, 2.75) is 50.5 Å². The first-order chi connectivity index (χ1) is 14.3. The highest BCUT2D eigenvalue weighted by Gasteiger charge is 2.35. The average Bonchev–Trinajstić information content (AvgIpc) is 2.68. The number of amides is 2. The van der Waals surface area contributed by atoms with Crippen LogP contribution in [0.2, 0.25) is 0 Å². The molecule has 2 aromatic rings.